The Morgan fingerprint density at radius 2 is 2.04 bits per heavy atom. The Morgan fingerprint density at radius 3 is 2.78 bits per heavy atom. The Hall–Kier alpha value is -1.50. The van der Waals surface area contributed by atoms with Gasteiger partial charge in [0.15, 0.2) is 0 Å². The third kappa shape index (κ3) is 2.98. The van der Waals surface area contributed by atoms with Crippen molar-refractivity contribution in [2.45, 2.75) is 31.2 Å². The van der Waals surface area contributed by atoms with E-state index in [2.05, 4.69) is 23.7 Å². The largest absolute Gasteiger partial charge is 0.300 e. The zero-order chi connectivity index (χ0) is 16.4. The third-order valence-corrected chi connectivity index (χ3v) is 6.64. The fourth-order valence-corrected chi connectivity index (χ4v) is 5.13. The Morgan fingerprint density at radius 1 is 1.26 bits per heavy atom. The smallest absolute Gasteiger partial charge is 0.243 e. The molecule has 5 nitrogen and oxygen atoms in total. The highest BCUT2D eigenvalue weighted by Crippen LogP contribution is 2.28. The normalized spacial score (nSPS) is 19.7. The van der Waals surface area contributed by atoms with Crippen LogP contribution in [0.3, 0.4) is 0 Å². The van der Waals surface area contributed by atoms with Gasteiger partial charge in [-0.2, -0.15) is 4.31 Å². The first-order valence-electron chi connectivity index (χ1n) is 8.14. The lowest BCUT2D eigenvalue weighted by Gasteiger charge is -2.26. The molecule has 0 aliphatic carbocycles. The van der Waals surface area contributed by atoms with E-state index in [1.807, 2.05) is 6.07 Å². The quantitative estimate of drug-likeness (QED) is 0.843. The molecule has 1 aliphatic heterocycles. The highest BCUT2D eigenvalue weighted by atomic mass is 32.2. The molecule has 1 aliphatic rings. The van der Waals surface area contributed by atoms with Crippen molar-refractivity contribution in [2.75, 3.05) is 26.2 Å². The molecule has 1 atom stereocenters. The van der Waals surface area contributed by atoms with Crippen molar-refractivity contribution in [3.63, 3.8) is 0 Å². The lowest BCUT2D eigenvalue weighted by molar-refractivity contribution is 0.224. The van der Waals surface area contributed by atoms with Gasteiger partial charge in [-0.25, -0.2) is 8.42 Å². The molecule has 0 radical (unpaired) electrons. The third-order valence-electron chi connectivity index (χ3n) is 4.71. The highest BCUT2D eigenvalue weighted by Gasteiger charge is 2.35. The van der Waals surface area contributed by atoms with Crippen LogP contribution in [0.1, 0.15) is 20.3 Å². The number of pyridine rings is 1. The van der Waals surface area contributed by atoms with Crippen LogP contribution >= 0.6 is 0 Å². The molecule has 23 heavy (non-hydrogen) atoms. The number of nitrogens with zero attached hydrogens (tertiary/aromatic N) is 3. The first-order chi connectivity index (χ1) is 11.1. The van der Waals surface area contributed by atoms with Crippen molar-refractivity contribution in [3.8, 4) is 0 Å². The summed E-state index contributed by atoms with van der Waals surface area (Å²) in [6, 6.07) is 7.47. The Kier molecular flexibility index (Phi) is 4.66. The van der Waals surface area contributed by atoms with E-state index in [1.54, 1.807) is 34.9 Å². The fraction of sp³-hybridized carbons (Fsp3) is 0.471. The first-order valence-corrected chi connectivity index (χ1v) is 9.59. The second-order valence-electron chi connectivity index (χ2n) is 5.88. The van der Waals surface area contributed by atoms with Crippen LogP contribution < -0.4 is 0 Å². The van der Waals surface area contributed by atoms with E-state index in [1.165, 1.54) is 0 Å². The average Bonchev–Trinajstić information content (AvgIpc) is 3.06. The van der Waals surface area contributed by atoms with Gasteiger partial charge in [-0.15, -0.1) is 0 Å². The summed E-state index contributed by atoms with van der Waals surface area (Å²) in [7, 11) is -3.47. The maximum atomic E-state index is 13.1. The van der Waals surface area contributed by atoms with Gasteiger partial charge >= 0.3 is 0 Å². The summed E-state index contributed by atoms with van der Waals surface area (Å²) < 4.78 is 27.8. The fourth-order valence-electron chi connectivity index (χ4n) is 3.42. The number of hydrogen-bond donors (Lipinski definition) is 0. The van der Waals surface area contributed by atoms with E-state index in [4.69, 9.17) is 0 Å². The van der Waals surface area contributed by atoms with E-state index in [9.17, 15) is 8.42 Å². The summed E-state index contributed by atoms with van der Waals surface area (Å²) in [5, 5.41) is 1.60. The monoisotopic (exact) mass is 333 g/mol. The standard InChI is InChI=1S/C17H23N3O2S/c1-3-19(4-2)15-9-11-20(13-15)23(21,22)17-7-5-6-14-12-18-10-8-16(14)17/h5-8,10,12,15H,3-4,9,11,13H2,1-2H3. The van der Waals surface area contributed by atoms with Crippen molar-refractivity contribution < 1.29 is 8.42 Å². The zero-order valence-electron chi connectivity index (χ0n) is 13.6. The molecule has 2 heterocycles. The van der Waals surface area contributed by atoms with Gasteiger partial charge < -0.3 is 0 Å². The van der Waals surface area contributed by atoms with Crippen molar-refractivity contribution >= 4 is 20.8 Å². The molecule has 1 saturated heterocycles. The van der Waals surface area contributed by atoms with Crippen LogP contribution in [-0.2, 0) is 10.0 Å². The molecule has 0 amide bonds. The van der Waals surface area contributed by atoms with Gasteiger partial charge in [-0.05, 0) is 31.6 Å². The summed E-state index contributed by atoms with van der Waals surface area (Å²) in [6.07, 6.45) is 4.24. The Bertz CT molecular complexity index is 782. The van der Waals surface area contributed by atoms with E-state index in [-0.39, 0.29) is 0 Å². The molecule has 0 N–H and O–H groups in total. The molecular weight excluding hydrogens is 310 g/mol. The number of sulfonamides is 1. The molecule has 1 aromatic heterocycles. The van der Waals surface area contributed by atoms with Crippen LogP contribution in [0.15, 0.2) is 41.6 Å². The average molecular weight is 333 g/mol. The van der Waals surface area contributed by atoms with Crippen molar-refractivity contribution in [3.05, 3.63) is 36.7 Å². The highest BCUT2D eigenvalue weighted by molar-refractivity contribution is 7.89. The number of aromatic nitrogens is 1. The first kappa shape index (κ1) is 16.4. The predicted molar refractivity (Wildman–Crippen MR) is 91.8 cm³/mol. The number of benzene rings is 1. The lowest BCUT2D eigenvalue weighted by Crippen LogP contribution is -2.38. The molecular formula is C17H23N3O2S. The Balaban J connectivity index is 1.93. The molecule has 1 fully saturated rings. The SMILES string of the molecule is CCN(CC)C1CCN(S(=O)(=O)c2cccc3cnccc23)C1. The minimum absolute atomic E-state index is 0.316. The maximum absolute atomic E-state index is 13.1. The molecule has 124 valence electrons. The number of hydrogen-bond acceptors (Lipinski definition) is 4. The van der Waals surface area contributed by atoms with Gasteiger partial charge in [0, 0.05) is 42.3 Å². The van der Waals surface area contributed by atoms with Crippen LogP contribution in [0.4, 0.5) is 0 Å². The molecule has 0 spiro atoms. The van der Waals surface area contributed by atoms with Crippen LogP contribution in [0, 0.1) is 0 Å². The van der Waals surface area contributed by atoms with Gasteiger partial charge in [0.25, 0.3) is 0 Å². The van der Waals surface area contributed by atoms with Gasteiger partial charge in [0.1, 0.15) is 0 Å². The van der Waals surface area contributed by atoms with Crippen molar-refractivity contribution in [2.24, 2.45) is 0 Å². The molecule has 3 rings (SSSR count). The lowest BCUT2D eigenvalue weighted by atomic mass is 10.2. The van der Waals surface area contributed by atoms with Crippen LogP contribution in [-0.4, -0.2) is 54.8 Å². The molecule has 2 aromatic rings. The minimum atomic E-state index is -3.47. The van der Waals surface area contributed by atoms with Crippen LogP contribution in [0.25, 0.3) is 10.8 Å². The van der Waals surface area contributed by atoms with E-state index < -0.39 is 10.0 Å². The second kappa shape index (κ2) is 6.55. The topological polar surface area (TPSA) is 53.5 Å². The van der Waals surface area contributed by atoms with Gasteiger partial charge in [0.2, 0.25) is 10.0 Å². The van der Waals surface area contributed by atoms with Crippen LogP contribution in [0.2, 0.25) is 0 Å². The molecule has 1 unspecified atom stereocenters. The second-order valence-corrected chi connectivity index (χ2v) is 7.79. The summed E-state index contributed by atoms with van der Waals surface area (Å²) >= 11 is 0. The van der Waals surface area contributed by atoms with Crippen molar-refractivity contribution in [1.82, 2.24) is 14.2 Å². The summed E-state index contributed by atoms with van der Waals surface area (Å²) in [4.78, 5) is 6.80. The number of likely N-dealkylation sites (N-methyl/N-ethyl adjacent to an activating group) is 1. The van der Waals surface area contributed by atoms with Gasteiger partial charge in [-0.3, -0.25) is 9.88 Å². The van der Waals surface area contributed by atoms with E-state index in [0.29, 0.717) is 24.0 Å². The molecule has 6 heteroatoms. The molecule has 0 bridgehead atoms. The Labute approximate surface area is 138 Å². The zero-order valence-corrected chi connectivity index (χ0v) is 14.5. The summed E-state index contributed by atoms with van der Waals surface area (Å²) in [6.45, 7) is 7.32. The van der Waals surface area contributed by atoms with Gasteiger partial charge in [-0.1, -0.05) is 26.0 Å². The van der Waals surface area contributed by atoms with E-state index >= 15 is 0 Å². The summed E-state index contributed by atoms with van der Waals surface area (Å²) in [5.74, 6) is 0. The molecule has 0 saturated carbocycles. The molecule has 1 aromatic carbocycles. The van der Waals surface area contributed by atoms with E-state index in [0.717, 1.165) is 30.3 Å². The van der Waals surface area contributed by atoms with Crippen molar-refractivity contribution in [1.29, 1.82) is 0 Å². The maximum Gasteiger partial charge on any atom is 0.243 e. The summed E-state index contributed by atoms with van der Waals surface area (Å²) in [5.41, 5.74) is 0. The minimum Gasteiger partial charge on any atom is -0.300 e. The van der Waals surface area contributed by atoms with Crippen LogP contribution in [0.5, 0.6) is 0 Å². The van der Waals surface area contributed by atoms with Gasteiger partial charge in [0.05, 0.1) is 4.90 Å². The predicted octanol–water partition coefficient (Wildman–Crippen LogP) is 2.34. The number of rotatable bonds is 5. The number of fused-ring (bicyclic) bond motifs is 1.